The van der Waals surface area contributed by atoms with Crippen LogP contribution in [0.4, 0.5) is 11.6 Å². The van der Waals surface area contributed by atoms with Crippen LogP contribution < -0.4 is 16.5 Å². The Morgan fingerprint density at radius 1 is 1.18 bits per heavy atom. The third-order valence-corrected chi connectivity index (χ3v) is 2.47. The minimum Gasteiger partial charge on any atom is -0.394 e. The monoisotopic (exact) mass is 240 g/mol. The number of nitrogens with zero attached hydrogens (tertiary/aromatic N) is 4. The molecule has 0 aliphatic carbocycles. The first kappa shape index (κ1) is 11.6. The van der Waals surface area contributed by atoms with Crippen molar-refractivity contribution in [2.45, 2.75) is 0 Å². The molecule has 0 radical (unpaired) electrons. The summed E-state index contributed by atoms with van der Waals surface area (Å²) >= 11 is 0. The van der Waals surface area contributed by atoms with Crippen molar-refractivity contribution in [3.8, 4) is 0 Å². The highest BCUT2D eigenvalue weighted by Gasteiger charge is 2.15. The molecule has 2 rings (SSSR count). The third kappa shape index (κ3) is 1.87. The maximum atomic E-state index is 9.01. The molecular formula is C9H16N6O2. The summed E-state index contributed by atoms with van der Waals surface area (Å²) in [7, 11) is 0. The van der Waals surface area contributed by atoms with Crippen LogP contribution in [0, 0.1) is 0 Å². The van der Waals surface area contributed by atoms with Gasteiger partial charge in [0.1, 0.15) is 11.6 Å². The number of nitrogens with two attached hydrogens (primary N) is 2. The van der Waals surface area contributed by atoms with Gasteiger partial charge in [0.05, 0.1) is 32.5 Å². The van der Waals surface area contributed by atoms with Crippen molar-refractivity contribution in [1.82, 2.24) is 14.3 Å². The Morgan fingerprint density at radius 2 is 1.82 bits per heavy atom. The Bertz CT molecular complexity index is 499. The summed E-state index contributed by atoms with van der Waals surface area (Å²) in [5.41, 5.74) is 12.3. The lowest BCUT2D eigenvalue weighted by molar-refractivity contribution is 0.260. The van der Waals surface area contributed by atoms with E-state index in [1.54, 1.807) is 20.4 Å². The number of aliphatic hydroxyl groups excluding tert-OH is 2. The topological polar surface area (TPSA) is 118 Å². The molecule has 0 bridgehead atoms. The van der Waals surface area contributed by atoms with Crippen LogP contribution in [0.1, 0.15) is 0 Å². The number of hydrogen-bond donors (Lipinski definition) is 4. The van der Waals surface area contributed by atoms with Gasteiger partial charge in [-0.15, -0.1) is 0 Å². The molecule has 0 saturated heterocycles. The standard InChI is InChI=1S/C9H16N6O2/c10-7-5-9-12-6-8(11)14(9)15(7)13(1-3-16)2-4-17/h5-6,16-17H,1-4,10-11H2. The average Bonchev–Trinajstić information content (AvgIpc) is 2.78. The van der Waals surface area contributed by atoms with E-state index in [-0.39, 0.29) is 13.2 Å². The third-order valence-electron chi connectivity index (χ3n) is 2.47. The number of hydrogen-bond acceptors (Lipinski definition) is 6. The van der Waals surface area contributed by atoms with Gasteiger partial charge in [0.15, 0.2) is 5.65 Å². The molecule has 0 aliphatic rings. The predicted octanol–water partition coefficient (Wildman–Crippen LogP) is -1.78. The van der Waals surface area contributed by atoms with E-state index in [2.05, 4.69) is 4.98 Å². The van der Waals surface area contributed by atoms with Gasteiger partial charge in [-0.05, 0) is 0 Å². The molecule has 0 atom stereocenters. The highest BCUT2D eigenvalue weighted by atomic mass is 16.3. The van der Waals surface area contributed by atoms with Crippen LogP contribution in [0.2, 0.25) is 0 Å². The Labute approximate surface area is 97.6 Å². The fourth-order valence-corrected chi connectivity index (χ4v) is 1.81. The van der Waals surface area contributed by atoms with Gasteiger partial charge < -0.3 is 21.7 Å². The summed E-state index contributed by atoms with van der Waals surface area (Å²) in [5, 5.41) is 19.7. The van der Waals surface area contributed by atoms with Crippen LogP contribution in [0.15, 0.2) is 12.3 Å². The van der Waals surface area contributed by atoms with Gasteiger partial charge in [-0.3, -0.25) is 5.01 Å². The minimum absolute atomic E-state index is 0.0479. The van der Waals surface area contributed by atoms with Crippen molar-refractivity contribution in [1.29, 1.82) is 0 Å². The molecule has 0 fully saturated rings. The van der Waals surface area contributed by atoms with Crippen molar-refractivity contribution in [3.05, 3.63) is 12.3 Å². The van der Waals surface area contributed by atoms with Gasteiger partial charge in [0.25, 0.3) is 0 Å². The van der Waals surface area contributed by atoms with Gasteiger partial charge in [0.2, 0.25) is 0 Å². The quantitative estimate of drug-likeness (QED) is 0.491. The molecule has 94 valence electrons. The fraction of sp³-hybridized carbons (Fsp3) is 0.444. The predicted molar refractivity (Wildman–Crippen MR) is 64.1 cm³/mol. The van der Waals surface area contributed by atoms with Crippen molar-refractivity contribution < 1.29 is 10.2 Å². The van der Waals surface area contributed by atoms with Crippen molar-refractivity contribution in [2.24, 2.45) is 0 Å². The summed E-state index contributed by atoms with van der Waals surface area (Å²) in [6, 6.07) is 1.68. The smallest absolute Gasteiger partial charge is 0.159 e. The second kappa shape index (κ2) is 4.52. The molecule has 17 heavy (non-hydrogen) atoms. The lowest BCUT2D eigenvalue weighted by Gasteiger charge is -2.26. The molecule has 2 aromatic heterocycles. The van der Waals surface area contributed by atoms with Gasteiger partial charge >= 0.3 is 0 Å². The number of anilines is 2. The Kier molecular flexibility index (Phi) is 3.07. The summed E-state index contributed by atoms with van der Waals surface area (Å²) in [6.07, 6.45) is 1.53. The summed E-state index contributed by atoms with van der Waals surface area (Å²) in [4.78, 5) is 5.69. The fourth-order valence-electron chi connectivity index (χ4n) is 1.81. The van der Waals surface area contributed by atoms with Gasteiger partial charge in [-0.1, -0.05) is 0 Å². The molecule has 2 aromatic rings. The highest BCUT2D eigenvalue weighted by molar-refractivity contribution is 5.55. The largest absolute Gasteiger partial charge is 0.394 e. The first-order valence-corrected chi connectivity index (χ1v) is 5.26. The van der Waals surface area contributed by atoms with Crippen LogP contribution in [0.3, 0.4) is 0 Å². The minimum atomic E-state index is -0.0479. The lowest BCUT2D eigenvalue weighted by Crippen LogP contribution is -2.42. The van der Waals surface area contributed by atoms with E-state index >= 15 is 0 Å². The number of rotatable bonds is 5. The molecule has 0 spiro atoms. The molecule has 0 aromatic carbocycles. The molecular weight excluding hydrogens is 224 g/mol. The molecule has 0 amide bonds. The lowest BCUT2D eigenvalue weighted by atomic mass is 10.6. The maximum absolute atomic E-state index is 9.01. The number of aromatic nitrogens is 3. The number of fused-ring (bicyclic) bond motifs is 1. The molecule has 8 heteroatoms. The first-order chi connectivity index (χ1) is 8.19. The van der Waals surface area contributed by atoms with Crippen molar-refractivity contribution >= 4 is 17.3 Å². The van der Waals surface area contributed by atoms with E-state index in [1.165, 1.54) is 6.20 Å². The van der Waals surface area contributed by atoms with Crippen LogP contribution in [0.5, 0.6) is 0 Å². The number of nitrogen functional groups attached to an aromatic ring is 2. The maximum Gasteiger partial charge on any atom is 0.159 e. The Hall–Kier alpha value is -1.93. The molecule has 8 nitrogen and oxygen atoms in total. The van der Waals surface area contributed by atoms with Crippen LogP contribution in [-0.2, 0) is 0 Å². The van der Waals surface area contributed by atoms with E-state index < -0.39 is 0 Å². The zero-order chi connectivity index (χ0) is 12.4. The molecule has 0 unspecified atom stereocenters. The average molecular weight is 240 g/mol. The highest BCUT2D eigenvalue weighted by Crippen LogP contribution is 2.15. The first-order valence-electron chi connectivity index (χ1n) is 5.26. The number of aliphatic hydroxyl groups is 2. The molecule has 0 saturated carbocycles. The van der Waals surface area contributed by atoms with Gasteiger partial charge in [-0.25, -0.2) is 4.98 Å². The second-order valence-corrected chi connectivity index (χ2v) is 3.61. The Balaban J connectivity index is 2.49. The van der Waals surface area contributed by atoms with E-state index in [0.29, 0.717) is 30.4 Å². The number of imidazole rings is 1. The van der Waals surface area contributed by atoms with E-state index in [9.17, 15) is 0 Å². The molecule has 2 heterocycles. The van der Waals surface area contributed by atoms with Gasteiger partial charge in [-0.2, -0.15) is 9.31 Å². The van der Waals surface area contributed by atoms with E-state index in [0.717, 1.165) is 0 Å². The van der Waals surface area contributed by atoms with Crippen LogP contribution in [0.25, 0.3) is 5.65 Å². The van der Waals surface area contributed by atoms with Crippen LogP contribution >= 0.6 is 0 Å². The zero-order valence-corrected chi connectivity index (χ0v) is 9.32. The van der Waals surface area contributed by atoms with E-state index in [1.807, 2.05) is 0 Å². The Morgan fingerprint density at radius 3 is 2.41 bits per heavy atom. The van der Waals surface area contributed by atoms with Crippen molar-refractivity contribution in [2.75, 3.05) is 42.8 Å². The molecule has 6 N–H and O–H groups in total. The SMILES string of the molecule is Nc1cc2ncc(N)n2n1N(CCO)CCO. The summed E-state index contributed by atoms with van der Waals surface area (Å²) < 4.78 is 1.63. The summed E-state index contributed by atoms with van der Waals surface area (Å²) in [6.45, 7) is 0.583. The van der Waals surface area contributed by atoms with Gasteiger partial charge in [0, 0.05) is 6.07 Å². The van der Waals surface area contributed by atoms with Crippen molar-refractivity contribution in [3.63, 3.8) is 0 Å². The molecule has 0 aliphatic heterocycles. The normalized spacial score (nSPS) is 11.2. The van der Waals surface area contributed by atoms with E-state index in [4.69, 9.17) is 21.7 Å². The van der Waals surface area contributed by atoms with Crippen LogP contribution in [-0.4, -0.2) is 50.8 Å². The summed E-state index contributed by atoms with van der Waals surface area (Å²) in [5.74, 6) is 0.888. The zero-order valence-electron chi connectivity index (χ0n) is 9.32. The second-order valence-electron chi connectivity index (χ2n) is 3.61.